The Bertz CT molecular complexity index is 1240. The van der Waals surface area contributed by atoms with Crippen molar-refractivity contribution in [2.24, 2.45) is 5.73 Å². The molecule has 0 aliphatic carbocycles. The molecule has 1 aromatic heterocycles. The lowest BCUT2D eigenvalue weighted by atomic mass is 10.1. The Morgan fingerprint density at radius 2 is 1.83 bits per heavy atom. The number of rotatable bonds is 9. The third-order valence-electron chi connectivity index (χ3n) is 6.03. The van der Waals surface area contributed by atoms with Crippen molar-refractivity contribution >= 4 is 50.6 Å². The molecule has 1 aliphatic rings. The summed E-state index contributed by atoms with van der Waals surface area (Å²) in [5, 5.41) is 1.07. The normalized spacial score (nSPS) is 14.0. The van der Waals surface area contributed by atoms with E-state index in [9.17, 15) is 13.2 Å². The molecule has 0 saturated carbocycles. The van der Waals surface area contributed by atoms with Crippen LogP contribution in [0, 0.1) is 0 Å². The first-order chi connectivity index (χ1) is 16.4. The molecule has 1 fully saturated rings. The van der Waals surface area contributed by atoms with E-state index in [-0.39, 0.29) is 30.7 Å². The summed E-state index contributed by atoms with van der Waals surface area (Å²) >= 11 is 0. The number of nitrogens with two attached hydrogens (primary N) is 1. The smallest absolute Gasteiger partial charge is 0.260 e. The molecule has 0 unspecified atom stereocenters. The fourth-order valence-electron chi connectivity index (χ4n) is 4.05. The molecule has 0 radical (unpaired) electrons. The van der Waals surface area contributed by atoms with Crippen LogP contribution < -0.4 is 20.1 Å². The van der Waals surface area contributed by atoms with E-state index in [4.69, 9.17) is 10.5 Å². The predicted octanol–water partition coefficient (Wildman–Crippen LogP) is 2.58. The van der Waals surface area contributed by atoms with Crippen LogP contribution in [0.3, 0.4) is 0 Å². The molecule has 0 atom stereocenters. The molecule has 11 heteroatoms. The van der Waals surface area contributed by atoms with Gasteiger partial charge in [-0.2, -0.15) is 0 Å². The molecule has 1 amide bonds. The zero-order valence-electron chi connectivity index (χ0n) is 19.7. The van der Waals surface area contributed by atoms with E-state index in [2.05, 4.69) is 14.6 Å². The predicted molar refractivity (Wildman–Crippen MR) is 142 cm³/mol. The number of nitrogens with zero attached hydrogens (tertiary/aromatic N) is 2. The van der Waals surface area contributed by atoms with Gasteiger partial charge in [-0.1, -0.05) is 0 Å². The van der Waals surface area contributed by atoms with E-state index < -0.39 is 10.0 Å². The van der Waals surface area contributed by atoms with Crippen LogP contribution in [0.1, 0.15) is 12.5 Å². The third kappa shape index (κ3) is 6.59. The van der Waals surface area contributed by atoms with Crippen LogP contribution in [0.5, 0.6) is 5.75 Å². The van der Waals surface area contributed by atoms with Gasteiger partial charge in [0.2, 0.25) is 10.0 Å². The standard InChI is InChI=1S/C24H31N5O4S.ClH/c1-2-34(31,32)27-19-3-5-20(6-4-19)28-11-13-29(14-12-28)24(30)17-33-21-7-8-23-22(15-21)18(9-10-25)16-26-23;/h3-8,15-16,26-27H,2,9-14,17,25H2,1H3;1H. The van der Waals surface area contributed by atoms with Crippen molar-refractivity contribution in [3.63, 3.8) is 0 Å². The van der Waals surface area contributed by atoms with Crippen LogP contribution in [-0.4, -0.2) is 69.3 Å². The Hall–Kier alpha value is -2.95. The van der Waals surface area contributed by atoms with Crippen molar-refractivity contribution < 1.29 is 17.9 Å². The summed E-state index contributed by atoms with van der Waals surface area (Å²) in [6.07, 6.45) is 2.74. The van der Waals surface area contributed by atoms with E-state index in [1.54, 1.807) is 19.1 Å². The van der Waals surface area contributed by atoms with Gasteiger partial charge in [0.25, 0.3) is 5.91 Å². The van der Waals surface area contributed by atoms with Gasteiger partial charge < -0.3 is 25.3 Å². The Kier molecular flexibility index (Phi) is 8.87. The number of benzene rings is 2. The first-order valence-electron chi connectivity index (χ1n) is 11.4. The molecule has 2 aromatic carbocycles. The van der Waals surface area contributed by atoms with Crippen molar-refractivity contribution in [1.82, 2.24) is 9.88 Å². The number of sulfonamides is 1. The SMILES string of the molecule is CCS(=O)(=O)Nc1ccc(N2CCN(C(=O)COc3ccc4[nH]cc(CCN)c4c3)CC2)cc1.Cl. The van der Waals surface area contributed by atoms with Gasteiger partial charge in [-0.05, 0) is 67.9 Å². The molecule has 4 N–H and O–H groups in total. The van der Waals surface area contributed by atoms with E-state index >= 15 is 0 Å². The number of amides is 1. The minimum Gasteiger partial charge on any atom is -0.484 e. The summed E-state index contributed by atoms with van der Waals surface area (Å²) in [6, 6.07) is 13.1. The lowest BCUT2D eigenvalue weighted by Crippen LogP contribution is -2.50. The molecule has 0 bridgehead atoms. The highest BCUT2D eigenvalue weighted by Crippen LogP contribution is 2.24. The minimum atomic E-state index is -3.29. The molecular weight excluding hydrogens is 490 g/mol. The fraction of sp³-hybridized carbons (Fsp3) is 0.375. The van der Waals surface area contributed by atoms with Gasteiger partial charge in [0, 0.05) is 54.7 Å². The summed E-state index contributed by atoms with van der Waals surface area (Å²) in [4.78, 5) is 19.9. The van der Waals surface area contributed by atoms with Gasteiger partial charge in [-0.15, -0.1) is 12.4 Å². The monoisotopic (exact) mass is 521 g/mol. The largest absolute Gasteiger partial charge is 0.484 e. The average Bonchev–Trinajstić information content (AvgIpc) is 3.25. The maximum absolute atomic E-state index is 12.7. The Labute approximate surface area is 212 Å². The van der Waals surface area contributed by atoms with E-state index in [1.165, 1.54) is 0 Å². The first kappa shape index (κ1) is 26.7. The number of halogens is 1. The highest BCUT2D eigenvalue weighted by Gasteiger charge is 2.22. The maximum Gasteiger partial charge on any atom is 0.260 e. The topological polar surface area (TPSA) is 121 Å². The summed E-state index contributed by atoms with van der Waals surface area (Å²) in [7, 11) is -3.29. The van der Waals surface area contributed by atoms with Crippen molar-refractivity contribution in [3.05, 3.63) is 54.2 Å². The van der Waals surface area contributed by atoms with Crippen molar-refractivity contribution in [1.29, 1.82) is 0 Å². The van der Waals surface area contributed by atoms with Crippen LogP contribution in [0.2, 0.25) is 0 Å². The van der Waals surface area contributed by atoms with Gasteiger partial charge in [0.05, 0.1) is 5.75 Å². The quantitative estimate of drug-likeness (QED) is 0.398. The minimum absolute atomic E-state index is 0. The molecule has 3 aromatic rings. The van der Waals surface area contributed by atoms with E-state index in [0.717, 1.165) is 28.6 Å². The Morgan fingerprint density at radius 1 is 1.11 bits per heavy atom. The average molecular weight is 522 g/mol. The number of fused-ring (bicyclic) bond motifs is 1. The zero-order chi connectivity index (χ0) is 24.1. The fourth-order valence-corrected chi connectivity index (χ4v) is 4.69. The number of anilines is 2. The molecule has 1 aliphatic heterocycles. The molecule has 2 heterocycles. The van der Waals surface area contributed by atoms with Crippen molar-refractivity contribution in [2.75, 3.05) is 54.7 Å². The third-order valence-corrected chi connectivity index (χ3v) is 7.34. The summed E-state index contributed by atoms with van der Waals surface area (Å²) < 4.78 is 31.8. The summed E-state index contributed by atoms with van der Waals surface area (Å²) in [5.41, 5.74) is 9.39. The molecule has 190 valence electrons. The zero-order valence-corrected chi connectivity index (χ0v) is 21.3. The molecular formula is C24H32ClN5O4S. The number of hydrogen-bond acceptors (Lipinski definition) is 6. The molecule has 1 saturated heterocycles. The highest BCUT2D eigenvalue weighted by molar-refractivity contribution is 7.92. The lowest BCUT2D eigenvalue weighted by Gasteiger charge is -2.36. The number of nitrogens with one attached hydrogen (secondary N) is 2. The van der Waals surface area contributed by atoms with Gasteiger partial charge in [-0.25, -0.2) is 8.42 Å². The van der Waals surface area contributed by atoms with Crippen LogP contribution in [-0.2, 0) is 21.2 Å². The van der Waals surface area contributed by atoms with Crippen LogP contribution in [0.15, 0.2) is 48.7 Å². The van der Waals surface area contributed by atoms with Crippen molar-refractivity contribution in [3.8, 4) is 5.75 Å². The highest BCUT2D eigenvalue weighted by atomic mass is 35.5. The van der Waals surface area contributed by atoms with Gasteiger partial charge in [0.15, 0.2) is 6.61 Å². The number of carbonyl (C=O) groups excluding carboxylic acids is 1. The second-order valence-electron chi connectivity index (χ2n) is 8.27. The molecule has 4 rings (SSSR count). The van der Waals surface area contributed by atoms with Gasteiger partial charge in [0.1, 0.15) is 5.75 Å². The van der Waals surface area contributed by atoms with Gasteiger partial charge in [-0.3, -0.25) is 9.52 Å². The summed E-state index contributed by atoms with van der Waals surface area (Å²) in [5.74, 6) is 0.654. The second kappa shape index (κ2) is 11.7. The Balaban J connectivity index is 0.00000342. The van der Waals surface area contributed by atoms with E-state index in [0.29, 0.717) is 44.2 Å². The molecule has 0 spiro atoms. The number of H-pyrrole nitrogens is 1. The van der Waals surface area contributed by atoms with Crippen molar-refractivity contribution in [2.45, 2.75) is 13.3 Å². The number of piperazine rings is 1. The maximum atomic E-state index is 12.7. The second-order valence-corrected chi connectivity index (χ2v) is 10.3. The number of aromatic nitrogens is 1. The number of carbonyl (C=O) groups is 1. The van der Waals surface area contributed by atoms with Gasteiger partial charge >= 0.3 is 0 Å². The van der Waals surface area contributed by atoms with Crippen LogP contribution >= 0.6 is 12.4 Å². The van der Waals surface area contributed by atoms with Crippen LogP contribution in [0.25, 0.3) is 10.9 Å². The lowest BCUT2D eigenvalue weighted by molar-refractivity contribution is -0.133. The number of ether oxygens (including phenoxy) is 1. The molecule has 35 heavy (non-hydrogen) atoms. The number of hydrogen-bond donors (Lipinski definition) is 3. The van der Waals surface area contributed by atoms with Crippen LogP contribution in [0.4, 0.5) is 11.4 Å². The first-order valence-corrected chi connectivity index (χ1v) is 13.1. The van der Waals surface area contributed by atoms with E-state index in [1.807, 2.05) is 41.4 Å². The summed E-state index contributed by atoms with van der Waals surface area (Å²) in [6.45, 7) is 4.77. The Morgan fingerprint density at radius 3 is 2.49 bits per heavy atom. The number of aromatic amines is 1. The molecule has 9 nitrogen and oxygen atoms in total.